The first-order valence-electron chi connectivity index (χ1n) is 4.66. The minimum Gasteiger partial charge on any atom is -1.00 e. The van der Waals surface area contributed by atoms with E-state index in [0.29, 0.717) is 13.0 Å². The lowest BCUT2D eigenvalue weighted by molar-refractivity contribution is -0.145. The fraction of sp³-hybridized carbons (Fsp3) is 0.778. The molecular weight excluding hydrogens is 220 g/mol. The molecular formula is C9H19ClN2O3. The summed E-state index contributed by atoms with van der Waals surface area (Å²) in [6.07, 6.45) is 2.22. The number of rotatable bonds is 6. The number of carbonyl (C=O) groups excluding carboxylic acids is 2. The van der Waals surface area contributed by atoms with E-state index in [0.717, 1.165) is 12.8 Å². The molecule has 5 nitrogen and oxygen atoms in total. The molecule has 0 aromatic heterocycles. The van der Waals surface area contributed by atoms with Crippen molar-refractivity contribution in [3.05, 3.63) is 0 Å². The van der Waals surface area contributed by atoms with E-state index in [1.54, 1.807) is 0 Å². The second kappa shape index (κ2) is 9.73. The molecule has 0 heterocycles. The quantitative estimate of drug-likeness (QED) is 0.380. The van der Waals surface area contributed by atoms with E-state index >= 15 is 0 Å². The lowest BCUT2D eigenvalue weighted by atomic mass is 10.1. The average Bonchev–Trinajstić information content (AvgIpc) is 2.15. The molecule has 0 fully saturated rings. The summed E-state index contributed by atoms with van der Waals surface area (Å²) in [6, 6.07) is -0.538. The van der Waals surface area contributed by atoms with Crippen molar-refractivity contribution in [2.24, 2.45) is 5.73 Å². The predicted octanol–water partition coefficient (Wildman–Crippen LogP) is -3.09. The summed E-state index contributed by atoms with van der Waals surface area (Å²) < 4.78 is 4.56. The van der Waals surface area contributed by atoms with Crippen LogP contribution in [0.5, 0.6) is 0 Å². The number of amides is 1. The minimum absolute atomic E-state index is 0. The number of halogens is 1. The second-order valence-electron chi connectivity index (χ2n) is 3.06. The zero-order valence-electron chi connectivity index (χ0n) is 10.1. The van der Waals surface area contributed by atoms with Gasteiger partial charge in [0.05, 0.1) is 7.11 Å². The molecule has 15 heavy (non-hydrogen) atoms. The molecule has 0 aromatic rings. The normalized spacial score (nSPS) is 11.1. The van der Waals surface area contributed by atoms with Gasteiger partial charge in [0.25, 0.3) is 0 Å². The minimum atomic E-state index is -0.538. The standard InChI is InChI=1S/C9H18N2O3.ClH/c1-7(12)11-8(9(13)14-2)5-3-4-6-10;/h8H,3-6,10H2,1-2H3,(H,11,12);1H. The summed E-state index contributed by atoms with van der Waals surface area (Å²) in [6.45, 7) is 1.97. The van der Waals surface area contributed by atoms with Gasteiger partial charge in [-0.1, -0.05) is 0 Å². The highest BCUT2D eigenvalue weighted by Gasteiger charge is 2.18. The van der Waals surface area contributed by atoms with E-state index in [1.165, 1.54) is 14.0 Å². The van der Waals surface area contributed by atoms with Gasteiger partial charge in [0.2, 0.25) is 5.91 Å². The molecule has 0 radical (unpaired) electrons. The highest BCUT2D eigenvalue weighted by molar-refractivity contribution is 5.83. The van der Waals surface area contributed by atoms with Crippen molar-refractivity contribution in [1.82, 2.24) is 5.32 Å². The fourth-order valence-electron chi connectivity index (χ4n) is 1.13. The van der Waals surface area contributed by atoms with Gasteiger partial charge in [0.1, 0.15) is 6.04 Å². The molecule has 1 amide bonds. The fourth-order valence-corrected chi connectivity index (χ4v) is 1.13. The number of ether oxygens (including phenoxy) is 1. The third-order valence-electron chi connectivity index (χ3n) is 1.81. The molecule has 1 atom stereocenters. The van der Waals surface area contributed by atoms with Crippen molar-refractivity contribution in [2.75, 3.05) is 13.7 Å². The van der Waals surface area contributed by atoms with E-state index in [9.17, 15) is 9.59 Å². The van der Waals surface area contributed by atoms with Crippen LogP contribution >= 0.6 is 0 Å². The first-order valence-corrected chi connectivity index (χ1v) is 4.66. The largest absolute Gasteiger partial charge is 1.00 e. The van der Waals surface area contributed by atoms with Crippen LogP contribution in [0, 0.1) is 0 Å². The van der Waals surface area contributed by atoms with Crippen LogP contribution in [0.3, 0.4) is 0 Å². The zero-order valence-corrected chi connectivity index (χ0v) is 9.84. The van der Waals surface area contributed by atoms with Gasteiger partial charge in [-0.15, -0.1) is 0 Å². The molecule has 0 spiro atoms. The maximum Gasteiger partial charge on any atom is 1.00 e. The summed E-state index contributed by atoms with van der Waals surface area (Å²) in [5.41, 5.74) is 5.32. The van der Waals surface area contributed by atoms with Crippen LogP contribution in [0.15, 0.2) is 0 Å². The van der Waals surface area contributed by atoms with Gasteiger partial charge in [0.15, 0.2) is 0 Å². The average molecular weight is 239 g/mol. The Morgan fingerprint density at radius 2 is 2.07 bits per heavy atom. The maximum absolute atomic E-state index is 11.2. The molecule has 0 aliphatic heterocycles. The molecule has 0 aliphatic rings. The number of carbonyl (C=O) groups is 2. The van der Waals surface area contributed by atoms with Crippen molar-refractivity contribution < 1.29 is 28.2 Å². The van der Waals surface area contributed by atoms with Gasteiger partial charge in [-0.25, -0.2) is 4.79 Å². The van der Waals surface area contributed by atoms with E-state index in [2.05, 4.69) is 10.1 Å². The van der Waals surface area contributed by atoms with Gasteiger partial charge < -0.3 is 28.2 Å². The smallest absolute Gasteiger partial charge is 1.00 e. The molecule has 0 aromatic carbocycles. The van der Waals surface area contributed by atoms with Crippen molar-refractivity contribution >= 4 is 11.9 Å². The molecule has 0 rings (SSSR count). The van der Waals surface area contributed by atoms with Crippen LogP contribution in [0.1, 0.15) is 27.6 Å². The Bertz CT molecular complexity index is 205. The molecule has 0 saturated carbocycles. The van der Waals surface area contributed by atoms with Crippen LogP contribution in [0.25, 0.3) is 0 Å². The summed E-state index contributed by atoms with van der Waals surface area (Å²) in [4.78, 5) is 21.9. The number of hydrogen-bond donors (Lipinski definition) is 2. The van der Waals surface area contributed by atoms with E-state index in [1.807, 2.05) is 0 Å². The van der Waals surface area contributed by atoms with Crippen molar-refractivity contribution in [2.45, 2.75) is 32.2 Å². The highest BCUT2D eigenvalue weighted by atomic mass is 35.5. The molecule has 0 aliphatic carbocycles. The molecule has 1 unspecified atom stereocenters. The Morgan fingerprint density at radius 3 is 2.47 bits per heavy atom. The van der Waals surface area contributed by atoms with Crippen LogP contribution in [0.4, 0.5) is 0 Å². The van der Waals surface area contributed by atoms with Crippen LogP contribution in [-0.2, 0) is 14.3 Å². The number of unbranched alkanes of at least 4 members (excludes halogenated alkanes) is 1. The third-order valence-corrected chi connectivity index (χ3v) is 1.81. The lowest BCUT2D eigenvalue weighted by Crippen LogP contribution is -3.00. The first-order chi connectivity index (χ1) is 6.61. The predicted molar refractivity (Wildman–Crippen MR) is 53.6 cm³/mol. The number of nitrogens with two attached hydrogens (primary N) is 1. The highest BCUT2D eigenvalue weighted by Crippen LogP contribution is 2.02. The number of esters is 1. The van der Waals surface area contributed by atoms with Crippen LogP contribution in [0.2, 0.25) is 0 Å². The molecule has 3 N–H and O–H groups in total. The lowest BCUT2D eigenvalue weighted by Gasteiger charge is -2.14. The molecule has 6 heteroatoms. The van der Waals surface area contributed by atoms with E-state index in [4.69, 9.17) is 5.73 Å². The monoisotopic (exact) mass is 238 g/mol. The summed E-state index contributed by atoms with van der Waals surface area (Å²) in [5, 5.41) is 2.54. The number of nitrogens with one attached hydrogen (secondary N) is 1. The number of methoxy groups -OCH3 is 1. The van der Waals surface area contributed by atoms with Crippen molar-refractivity contribution in [3.8, 4) is 0 Å². The Balaban J connectivity index is -0.000000845. The van der Waals surface area contributed by atoms with Gasteiger partial charge >= 0.3 is 7.40 Å². The van der Waals surface area contributed by atoms with Crippen molar-refractivity contribution in [3.63, 3.8) is 0 Å². The molecule has 0 saturated heterocycles. The van der Waals surface area contributed by atoms with Gasteiger partial charge in [-0.3, -0.25) is 4.79 Å². The third kappa shape index (κ3) is 8.20. The zero-order chi connectivity index (χ0) is 11.0. The number of hydrogen-bond acceptors (Lipinski definition) is 4. The molecule has 0 bridgehead atoms. The topological polar surface area (TPSA) is 81.4 Å². The Labute approximate surface area is 97.6 Å². The Morgan fingerprint density at radius 1 is 1.47 bits per heavy atom. The SMILES string of the molecule is COC(=O)C(CCCCN)NC(C)=O.[Cl-].[H+]. The first kappa shape index (κ1) is 16.6. The maximum atomic E-state index is 11.2. The summed E-state index contributed by atoms with van der Waals surface area (Å²) >= 11 is 0. The Hall–Kier alpha value is -0.810. The molecule has 90 valence electrons. The van der Waals surface area contributed by atoms with E-state index < -0.39 is 12.0 Å². The van der Waals surface area contributed by atoms with Crippen LogP contribution < -0.4 is 23.5 Å². The van der Waals surface area contributed by atoms with Gasteiger partial charge in [-0.05, 0) is 25.8 Å². The van der Waals surface area contributed by atoms with Gasteiger partial charge in [-0.2, -0.15) is 0 Å². The van der Waals surface area contributed by atoms with Crippen molar-refractivity contribution in [1.29, 1.82) is 0 Å². The summed E-state index contributed by atoms with van der Waals surface area (Å²) in [5.74, 6) is -0.634. The van der Waals surface area contributed by atoms with E-state index in [-0.39, 0.29) is 19.7 Å². The Kier molecular flexibility index (Phi) is 10.8. The van der Waals surface area contributed by atoms with Crippen LogP contribution in [-0.4, -0.2) is 31.6 Å². The summed E-state index contributed by atoms with van der Waals surface area (Å²) in [7, 11) is 1.31. The second-order valence-corrected chi connectivity index (χ2v) is 3.06. The van der Waals surface area contributed by atoms with Gasteiger partial charge in [0, 0.05) is 6.92 Å².